The third-order valence-electron chi connectivity index (χ3n) is 5.80. The normalized spacial score (nSPS) is 15.1. The highest BCUT2D eigenvalue weighted by atomic mass is 32.1. The maximum absolute atomic E-state index is 12.8. The molecule has 0 radical (unpaired) electrons. The Labute approximate surface area is 217 Å². The number of amides is 2. The lowest BCUT2D eigenvalue weighted by Crippen LogP contribution is -2.60. The van der Waals surface area contributed by atoms with Crippen molar-refractivity contribution in [1.82, 2.24) is 15.5 Å². The van der Waals surface area contributed by atoms with E-state index in [1.807, 2.05) is 30.3 Å². The molecule has 1 heterocycles. The molecule has 0 aliphatic carbocycles. The maximum Gasteiger partial charge on any atom is 0.308 e. The highest BCUT2D eigenvalue weighted by molar-refractivity contribution is 7.80. The second-order valence-electron chi connectivity index (χ2n) is 8.50. The molecule has 1 unspecified atom stereocenters. The summed E-state index contributed by atoms with van der Waals surface area (Å²) in [5.74, 6) is -0.520. The predicted octanol–water partition coefficient (Wildman–Crippen LogP) is 3.25. The Morgan fingerprint density at radius 1 is 1.08 bits per heavy atom. The van der Waals surface area contributed by atoms with Gasteiger partial charge in [-0.3, -0.25) is 19.7 Å². The molecule has 0 aromatic heterocycles. The summed E-state index contributed by atoms with van der Waals surface area (Å²) in [5, 5.41) is 5.52. The number of rotatable bonds is 11. The van der Waals surface area contributed by atoms with Crippen molar-refractivity contribution in [2.24, 2.45) is 0 Å². The molecule has 0 bridgehead atoms. The van der Waals surface area contributed by atoms with Gasteiger partial charge in [-0.1, -0.05) is 50.1 Å². The van der Waals surface area contributed by atoms with Crippen LogP contribution in [0.1, 0.15) is 48.5 Å². The van der Waals surface area contributed by atoms with Gasteiger partial charge in [-0.05, 0) is 48.5 Å². The van der Waals surface area contributed by atoms with Crippen molar-refractivity contribution in [2.75, 3.05) is 26.3 Å². The van der Waals surface area contributed by atoms with Crippen LogP contribution in [0.5, 0.6) is 5.75 Å². The number of unbranched alkanes of at least 4 members (excludes halogenated alkanes) is 2. The molecule has 0 saturated carbocycles. The van der Waals surface area contributed by atoms with Gasteiger partial charge in [0.25, 0.3) is 5.91 Å². The van der Waals surface area contributed by atoms with Crippen LogP contribution >= 0.6 is 12.2 Å². The van der Waals surface area contributed by atoms with Gasteiger partial charge < -0.3 is 19.7 Å². The van der Waals surface area contributed by atoms with E-state index in [2.05, 4.69) is 17.6 Å². The molecule has 1 atom stereocenters. The monoisotopic (exact) mass is 511 g/mol. The second-order valence-corrected chi connectivity index (χ2v) is 8.89. The van der Waals surface area contributed by atoms with Crippen LogP contribution in [0.15, 0.2) is 54.6 Å². The topological polar surface area (TPSA) is 97.0 Å². The Kier molecular flexibility index (Phi) is 10.7. The predicted molar refractivity (Wildman–Crippen MR) is 141 cm³/mol. The van der Waals surface area contributed by atoms with Crippen molar-refractivity contribution in [2.45, 2.75) is 45.1 Å². The molecular formula is C27H33N3O5S. The van der Waals surface area contributed by atoms with Crippen LogP contribution in [0.3, 0.4) is 0 Å². The van der Waals surface area contributed by atoms with Crippen molar-refractivity contribution < 1.29 is 23.9 Å². The number of hydrogen-bond donors (Lipinski definition) is 2. The molecule has 1 fully saturated rings. The van der Waals surface area contributed by atoms with Gasteiger partial charge in [0.2, 0.25) is 5.91 Å². The Hall–Kier alpha value is -3.46. The number of thiocarbonyl (C=S) groups is 1. The van der Waals surface area contributed by atoms with Crippen molar-refractivity contribution in [3.05, 3.63) is 65.7 Å². The molecule has 0 spiro atoms. The van der Waals surface area contributed by atoms with Crippen LogP contribution in [0.25, 0.3) is 0 Å². The van der Waals surface area contributed by atoms with Crippen LogP contribution in [0.4, 0.5) is 0 Å². The van der Waals surface area contributed by atoms with Crippen LogP contribution < -0.4 is 15.4 Å². The van der Waals surface area contributed by atoms with E-state index in [1.54, 1.807) is 29.2 Å². The zero-order valence-electron chi connectivity index (χ0n) is 20.5. The van der Waals surface area contributed by atoms with Crippen molar-refractivity contribution in [3.63, 3.8) is 0 Å². The Balaban J connectivity index is 1.50. The minimum absolute atomic E-state index is 0.0989. The molecule has 8 nitrogen and oxygen atoms in total. The molecule has 9 heteroatoms. The minimum Gasteiger partial charge on any atom is -0.493 e. The maximum atomic E-state index is 12.8. The lowest BCUT2D eigenvalue weighted by Gasteiger charge is -2.36. The van der Waals surface area contributed by atoms with Crippen LogP contribution in [0, 0.1) is 0 Å². The average Bonchev–Trinajstić information content (AvgIpc) is 2.89. The average molecular weight is 512 g/mol. The van der Waals surface area contributed by atoms with E-state index in [0.717, 1.165) is 25.7 Å². The molecule has 2 aromatic carbocycles. The summed E-state index contributed by atoms with van der Waals surface area (Å²) < 4.78 is 11.0. The molecule has 2 N–H and O–H groups in total. The van der Waals surface area contributed by atoms with Crippen LogP contribution in [0.2, 0.25) is 0 Å². The summed E-state index contributed by atoms with van der Waals surface area (Å²) in [5.41, 5.74) is 1.59. The van der Waals surface area contributed by atoms with Gasteiger partial charge in [0.1, 0.15) is 11.8 Å². The quantitative estimate of drug-likeness (QED) is 0.272. The molecular weight excluding hydrogens is 478 g/mol. The highest BCUT2D eigenvalue weighted by Crippen LogP contribution is 2.15. The first kappa shape index (κ1) is 27.1. The van der Waals surface area contributed by atoms with Crippen molar-refractivity contribution in [1.29, 1.82) is 0 Å². The molecule has 1 saturated heterocycles. The van der Waals surface area contributed by atoms with E-state index in [0.29, 0.717) is 37.6 Å². The largest absolute Gasteiger partial charge is 0.493 e. The van der Waals surface area contributed by atoms with Gasteiger partial charge in [0.15, 0.2) is 5.11 Å². The Morgan fingerprint density at radius 3 is 2.56 bits per heavy atom. The molecule has 2 amide bonds. The zero-order valence-corrected chi connectivity index (χ0v) is 21.4. The van der Waals surface area contributed by atoms with E-state index in [9.17, 15) is 14.4 Å². The SMILES string of the molecule is CCCCCOC(=O)CC1C(=O)NCCN1C(=S)NC(=O)c1ccc(OCCc2ccccc2)cc1. The number of benzene rings is 2. The smallest absolute Gasteiger partial charge is 0.308 e. The molecule has 1 aliphatic heterocycles. The standard InChI is InChI=1S/C27H33N3O5S/c1-2-3-7-17-35-24(31)19-23-26(33)28-15-16-30(23)27(36)29-25(32)21-10-12-22(13-11-21)34-18-14-20-8-5-4-6-9-20/h4-6,8-13,23H,2-3,7,14-19H2,1H3,(H,28,33)(H,29,32,36). The summed E-state index contributed by atoms with van der Waals surface area (Å²) in [6, 6.07) is 16.0. The summed E-state index contributed by atoms with van der Waals surface area (Å²) in [4.78, 5) is 39.0. The number of nitrogens with zero attached hydrogens (tertiary/aromatic N) is 1. The summed E-state index contributed by atoms with van der Waals surface area (Å²) in [7, 11) is 0. The summed E-state index contributed by atoms with van der Waals surface area (Å²) in [6.45, 7) is 3.67. The molecule has 2 aromatic rings. The first-order valence-corrected chi connectivity index (χ1v) is 12.7. The second kappa shape index (κ2) is 14.2. The minimum atomic E-state index is -0.828. The van der Waals surface area contributed by atoms with E-state index in [1.165, 1.54) is 5.56 Å². The van der Waals surface area contributed by atoms with Gasteiger partial charge in [-0.2, -0.15) is 0 Å². The molecule has 3 rings (SSSR count). The molecule has 192 valence electrons. The third-order valence-corrected chi connectivity index (χ3v) is 6.14. The fourth-order valence-corrected chi connectivity index (χ4v) is 4.10. The van der Waals surface area contributed by atoms with E-state index >= 15 is 0 Å². The van der Waals surface area contributed by atoms with Crippen molar-refractivity contribution >= 4 is 35.1 Å². The van der Waals surface area contributed by atoms with Gasteiger partial charge in [0, 0.05) is 25.1 Å². The van der Waals surface area contributed by atoms with Crippen LogP contribution in [-0.4, -0.2) is 60.1 Å². The Bertz CT molecular complexity index is 1030. The fraction of sp³-hybridized carbons (Fsp3) is 0.407. The lowest BCUT2D eigenvalue weighted by atomic mass is 10.1. The van der Waals surface area contributed by atoms with Gasteiger partial charge in [-0.15, -0.1) is 0 Å². The lowest BCUT2D eigenvalue weighted by molar-refractivity contribution is -0.147. The zero-order chi connectivity index (χ0) is 25.8. The van der Waals surface area contributed by atoms with Gasteiger partial charge in [-0.25, -0.2) is 0 Å². The first-order chi connectivity index (χ1) is 17.5. The van der Waals surface area contributed by atoms with Gasteiger partial charge in [0.05, 0.1) is 19.6 Å². The Morgan fingerprint density at radius 2 is 1.83 bits per heavy atom. The molecule has 1 aliphatic rings. The number of hydrogen-bond acceptors (Lipinski definition) is 6. The van der Waals surface area contributed by atoms with E-state index in [4.69, 9.17) is 21.7 Å². The summed E-state index contributed by atoms with van der Waals surface area (Å²) >= 11 is 5.42. The number of nitrogens with one attached hydrogen (secondary N) is 2. The van der Waals surface area contributed by atoms with Gasteiger partial charge >= 0.3 is 5.97 Å². The number of ether oxygens (including phenoxy) is 2. The number of carbonyl (C=O) groups is 3. The van der Waals surface area contributed by atoms with Crippen molar-refractivity contribution in [3.8, 4) is 5.75 Å². The first-order valence-electron chi connectivity index (χ1n) is 12.3. The van der Waals surface area contributed by atoms with E-state index < -0.39 is 17.9 Å². The molecule has 36 heavy (non-hydrogen) atoms. The van der Waals surface area contributed by atoms with Crippen LogP contribution in [-0.2, 0) is 20.7 Å². The third kappa shape index (κ3) is 8.34. The number of piperazine rings is 1. The highest BCUT2D eigenvalue weighted by Gasteiger charge is 2.34. The number of carbonyl (C=O) groups excluding carboxylic acids is 3. The fourth-order valence-electron chi connectivity index (χ4n) is 3.79. The number of esters is 1. The van der Waals surface area contributed by atoms with E-state index in [-0.39, 0.29) is 17.4 Å². The summed E-state index contributed by atoms with van der Waals surface area (Å²) in [6.07, 6.45) is 3.43.